The van der Waals surface area contributed by atoms with Gasteiger partial charge in [0.25, 0.3) is 5.91 Å². The summed E-state index contributed by atoms with van der Waals surface area (Å²) in [6.07, 6.45) is 0. The van der Waals surface area contributed by atoms with Crippen molar-refractivity contribution in [3.63, 3.8) is 0 Å². The molecule has 28 heavy (non-hydrogen) atoms. The molecular formula is C18H20ClN5O3S. The first kappa shape index (κ1) is 20.1. The average Bonchev–Trinajstić information content (AvgIpc) is 2.69. The van der Waals surface area contributed by atoms with Crippen LogP contribution in [0, 0.1) is 5.41 Å². The van der Waals surface area contributed by atoms with Gasteiger partial charge in [0.05, 0.1) is 15.6 Å². The van der Waals surface area contributed by atoms with Crippen LogP contribution in [0.25, 0.3) is 0 Å². The van der Waals surface area contributed by atoms with Gasteiger partial charge in [0.15, 0.2) is 0 Å². The molecule has 0 aliphatic carbocycles. The van der Waals surface area contributed by atoms with E-state index < -0.39 is 10.0 Å². The Morgan fingerprint density at radius 1 is 1.04 bits per heavy atom. The van der Waals surface area contributed by atoms with Gasteiger partial charge >= 0.3 is 0 Å². The number of anilines is 1. The van der Waals surface area contributed by atoms with Gasteiger partial charge in [-0.1, -0.05) is 23.7 Å². The van der Waals surface area contributed by atoms with E-state index in [9.17, 15) is 13.2 Å². The lowest BCUT2D eigenvalue weighted by atomic mass is 10.1. The molecule has 0 radical (unpaired) electrons. The van der Waals surface area contributed by atoms with E-state index in [0.717, 1.165) is 0 Å². The zero-order valence-electron chi connectivity index (χ0n) is 14.9. The average molecular weight is 422 g/mol. The molecule has 1 amide bonds. The second kappa shape index (κ2) is 7.78. The standard InChI is InChI=1S/C18H20ClN5O3S/c19-15-5-4-14(11-16(15)20)28(26,27)24-8-6-23(7-9-24)18(25)13-3-1-2-12(10-13)17(21)22/h1-5,10-11H,6-9,20H2,(H3,21,22). The lowest BCUT2D eigenvalue weighted by Crippen LogP contribution is -2.50. The van der Waals surface area contributed by atoms with Crippen molar-refractivity contribution in [2.75, 3.05) is 31.9 Å². The number of hydrogen-bond donors (Lipinski definition) is 3. The smallest absolute Gasteiger partial charge is 0.253 e. The van der Waals surface area contributed by atoms with E-state index in [-0.39, 0.29) is 48.5 Å². The monoisotopic (exact) mass is 421 g/mol. The molecule has 1 aliphatic heterocycles. The number of nitrogens with one attached hydrogen (secondary N) is 1. The Hall–Kier alpha value is -2.62. The second-order valence-corrected chi connectivity index (χ2v) is 8.72. The lowest BCUT2D eigenvalue weighted by molar-refractivity contribution is 0.0698. The maximum absolute atomic E-state index is 12.8. The minimum Gasteiger partial charge on any atom is -0.397 e. The molecule has 5 N–H and O–H groups in total. The molecule has 1 heterocycles. The first-order valence-corrected chi connectivity index (χ1v) is 10.3. The van der Waals surface area contributed by atoms with Gasteiger partial charge in [-0.05, 0) is 30.3 Å². The van der Waals surface area contributed by atoms with Gasteiger partial charge in [0.1, 0.15) is 5.84 Å². The minimum atomic E-state index is -3.72. The number of nitrogens with two attached hydrogens (primary N) is 2. The Morgan fingerprint density at radius 3 is 2.29 bits per heavy atom. The van der Waals surface area contributed by atoms with Crippen LogP contribution in [0.3, 0.4) is 0 Å². The number of nitrogens with zero attached hydrogens (tertiary/aromatic N) is 2. The van der Waals surface area contributed by atoms with Gasteiger partial charge in [-0.3, -0.25) is 10.2 Å². The Kier molecular flexibility index (Phi) is 5.59. The highest BCUT2D eigenvalue weighted by Gasteiger charge is 2.30. The fraction of sp³-hybridized carbons (Fsp3) is 0.222. The van der Waals surface area contributed by atoms with Gasteiger partial charge < -0.3 is 16.4 Å². The number of amidine groups is 1. The molecule has 2 aromatic carbocycles. The van der Waals surface area contributed by atoms with Crippen molar-refractivity contribution in [3.05, 3.63) is 58.6 Å². The summed E-state index contributed by atoms with van der Waals surface area (Å²) in [7, 11) is -3.72. The highest BCUT2D eigenvalue weighted by atomic mass is 35.5. The summed E-state index contributed by atoms with van der Waals surface area (Å²) in [5, 5.41) is 7.78. The van der Waals surface area contributed by atoms with Gasteiger partial charge in [-0.25, -0.2) is 8.42 Å². The predicted molar refractivity (Wildman–Crippen MR) is 108 cm³/mol. The summed E-state index contributed by atoms with van der Waals surface area (Å²) in [5.41, 5.74) is 12.3. The third kappa shape index (κ3) is 3.96. The number of halogens is 1. The largest absolute Gasteiger partial charge is 0.397 e. The van der Waals surface area contributed by atoms with Crippen molar-refractivity contribution in [1.29, 1.82) is 5.41 Å². The predicted octanol–water partition coefficient (Wildman–Crippen LogP) is 1.35. The number of sulfonamides is 1. The fourth-order valence-corrected chi connectivity index (χ4v) is 4.54. The number of rotatable bonds is 4. The van der Waals surface area contributed by atoms with Gasteiger partial charge in [0.2, 0.25) is 10.0 Å². The van der Waals surface area contributed by atoms with Crippen LogP contribution in [0.4, 0.5) is 5.69 Å². The molecule has 0 bridgehead atoms. The molecule has 8 nitrogen and oxygen atoms in total. The summed E-state index contributed by atoms with van der Waals surface area (Å²) in [5.74, 6) is -0.344. The first-order chi connectivity index (χ1) is 13.2. The molecule has 0 saturated carbocycles. The summed E-state index contributed by atoms with van der Waals surface area (Å²) in [4.78, 5) is 14.4. The number of piperazine rings is 1. The SMILES string of the molecule is N=C(N)c1cccc(C(=O)N2CCN(S(=O)(=O)c3ccc(Cl)c(N)c3)CC2)c1. The highest BCUT2D eigenvalue weighted by Crippen LogP contribution is 2.25. The number of nitrogen functional groups attached to an aromatic ring is 2. The molecule has 0 atom stereocenters. The van der Waals surface area contributed by atoms with Crippen LogP contribution in [-0.4, -0.2) is 55.5 Å². The van der Waals surface area contributed by atoms with Crippen LogP contribution in [-0.2, 0) is 10.0 Å². The van der Waals surface area contributed by atoms with E-state index >= 15 is 0 Å². The third-order valence-corrected chi connectivity index (χ3v) is 6.79. The Bertz CT molecular complexity index is 1030. The molecule has 148 valence electrons. The molecule has 1 aliphatic rings. The van der Waals surface area contributed by atoms with Crippen LogP contribution in [0.1, 0.15) is 15.9 Å². The van der Waals surface area contributed by atoms with Crippen LogP contribution >= 0.6 is 11.6 Å². The van der Waals surface area contributed by atoms with Crippen molar-refractivity contribution in [1.82, 2.24) is 9.21 Å². The first-order valence-electron chi connectivity index (χ1n) is 8.49. The maximum Gasteiger partial charge on any atom is 0.253 e. The normalized spacial score (nSPS) is 15.4. The third-order valence-electron chi connectivity index (χ3n) is 4.55. The molecule has 0 spiro atoms. The van der Waals surface area contributed by atoms with Crippen molar-refractivity contribution in [2.45, 2.75) is 4.90 Å². The minimum absolute atomic E-state index is 0.0725. The molecule has 2 aromatic rings. The molecule has 1 saturated heterocycles. The van der Waals surface area contributed by atoms with Crippen molar-refractivity contribution in [2.24, 2.45) is 5.73 Å². The van der Waals surface area contributed by atoms with Crippen molar-refractivity contribution >= 4 is 39.1 Å². The topological polar surface area (TPSA) is 134 Å². The van der Waals surface area contributed by atoms with E-state index in [0.29, 0.717) is 16.1 Å². The van der Waals surface area contributed by atoms with Crippen LogP contribution in [0.5, 0.6) is 0 Å². The molecule has 1 fully saturated rings. The van der Waals surface area contributed by atoms with Gasteiger partial charge in [-0.2, -0.15) is 4.31 Å². The quantitative estimate of drug-likeness (QED) is 0.389. The summed E-state index contributed by atoms with van der Waals surface area (Å²) >= 11 is 5.86. The number of carbonyl (C=O) groups is 1. The van der Waals surface area contributed by atoms with Crippen molar-refractivity contribution in [3.8, 4) is 0 Å². The van der Waals surface area contributed by atoms with Crippen LogP contribution in [0.15, 0.2) is 47.4 Å². The molecule has 0 unspecified atom stereocenters. The van der Waals surface area contributed by atoms with E-state index in [1.54, 1.807) is 29.2 Å². The van der Waals surface area contributed by atoms with Crippen molar-refractivity contribution < 1.29 is 13.2 Å². The maximum atomic E-state index is 12.8. The number of amides is 1. The molecular weight excluding hydrogens is 402 g/mol. The number of carbonyl (C=O) groups excluding carboxylic acids is 1. The fourth-order valence-electron chi connectivity index (χ4n) is 2.97. The summed E-state index contributed by atoms with van der Waals surface area (Å²) in [6.45, 7) is 0.850. The van der Waals surface area contributed by atoms with E-state index in [2.05, 4.69) is 0 Å². The zero-order chi connectivity index (χ0) is 20.5. The van der Waals surface area contributed by atoms with E-state index in [1.807, 2.05) is 0 Å². The summed E-state index contributed by atoms with van der Waals surface area (Å²) < 4.78 is 26.9. The summed E-state index contributed by atoms with van der Waals surface area (Å²) in [6, 6.07) is 10.7. The second-order valence-electron chi connectivity index (χ2n) is 6.37. The van der Waals surface area contributed by atoms with Crippen LogP contribution < -0.4 is 11.5 Å². The van der Waals surface area contributed by atoms with Crippen LogP contribution in [0.2, 0.25) is 5.02 Å². The van der Waals surface area contributed by atoms with Gasteiger partial charge in [-0.15, -0.1) is 0 Å². The Labute approximate surface area is 168 Å². The lowest BCUT2D eigenvalue weighted by Gasteiger charge is -2.34. The van der Waals surface area contributed by atoms with Gasteiger partial charge in [0, 0.05) is 37.3 Å². The Morgan fingerprint density at radius 2 is 1.68 bits per heavy atom. The zero-order valence-corrected chi connectivity index (χ0v) is 16.5. The molecule has 3 rings (SSSR count). The highest BCUT2D eigenvalue weighted by molar-refractivity contribution is 7.89. The Balaban J connectivity index is 1.71. The molecule has 10 heteroatoms. The number of hydrogen-bond acceptors (Lipinski definition) is 5. The van der Waals surface area contributed by atoms with E-state index in [1.165, 1.54) is 22.5 Å². The van der Waals surface area contributed by atoms with E-state index in [4.69, 9.17) is 28.5 Å². The molecule has 0 aromatic heterocycles. The number of benzene rings is 2.